The van der Waals surface area contributed by atoms with Crippen LogP contribution in [-0.2, 0) is 36.3 Å². The fraction of sp³-hybridized carbons (Fsp3) is 1.00. The Morgan fingerprint density at radius 3 is 1.00 bits per heavy atom. The van der Waals surface area contributed by atoms with Crippen LogP contribution in [0.5, 0.6) is 0 Å². The summed E-state index contributed by atoms with van der Waals surface area (Å²) < 4.78 is 52.0. The van der Waals surface area contributed by atoms with E-state index in [2.05, 4.69) is 0 Å². The lowest BCUT2D eigenvalue weighted by Gasteiger charge is -2.16. The van der Waals surface area contributed by atoms with E-state index in [-0.39, 0.29) is 37.5 Å². The average molecular weight is 468 g/mol. The van der Waals surface area contributed by atoms with E-state index in [4.69, 9.17) is 61.9 Å². The molecule has 0 aromatic heterocycles. The van der Waals surface area contributed by atoms with E-state index >= 15 is 0 Å². The average Bonchev–Trinajstić information content (AvgIpc) is 2.58. The Morgan fingerprint density at radius 1 is 0.560 bits per heavy atom. The zero-order chi connectivity index (χ0) is 19.6. The van der Waals surface area contributed by atoms with Gasteiger partial charge in [-0.05, 0) is 20.8 Å². The highest BCUT2D eigenvalue weighted by Gasteiger charge is 2.26. The first-order chi connectivity index (χ1) is 11.9. The minimum atomic E-state index is -3.52. The summed E-state index contributed by atoms with van der Waals surface area (Å²) in [5.74, 6) is 0.620. The molecule has 25 heavy (non-hydrogen) atoms. The number of alkyl halides is 3. The molecule has 0 aliphatic rings. The van der Waals surface area contributed by atoms with E-state index in [9.17, 15) is 9.13 Å². The zero-order valence-corrected chi connectivity index (χ0v) is 18.7. The van der Waals surface area contributed by atoms with Crippen LogP contribution in [0.1, 0.15) is 20.8 Å². The Morgan fingerprint density at radius 2 is 0.800 bits per heavy atom. The monoisotopic (exact) mass is 466 g/mol. The van der Waals surface area contributed by atoms with Gasteiger partial charge in [0.1, 0.15) is 0 Å². The molecule has 0 saturated heterocycles. The molecule has 154 valence electrons. The van der Waals surface area contributed by atoms with Crippen LogP contribution in [-0.4, -0.2) is 57.3 Å². The summed E-state index contributed by atoms with van der Waals surface area (Å²) in [5.41, 5.74) is 0. The number of hydrogen-bond donors (Lipinski definition) is 0. The third-order valence-electron chi connectivity index (χ3n) is 1.84. The number of phosphoric ester groups is 2. The first kappa shape index (κ1) is 28.3. The van der Waals surface area contributed by atoms with Crippen molar-refractivity contribution in [2.24, 2.45) is 0 Å². The molecule has 0 N–H and O–H groups in total. The molecule has 0 heterocycles. The highest BCUT2D eigenvalue weighted by molar-refractivity contribution is 7.48. The summed E-state index contributed by atoms with van der Waals surface area (Å²) in [6.45, 7) is 6.47. The smallest absolute Gasteiger partial charge is 0.287 e. The molecule has 0 atom stereocenters. The SMILES string of the molecule is CCOP(=O)(OCC)OCC.O=P(OCCCl)(OCCCl)OCCCl. The molecule has 0 amide bonds. The Bertz CT molecular complexity index is 337. The molecule has 0 aliphatic carbocycles. The molecule has 0 saturated carbocycles. The van der Waals surface area contributed by atoms with Crippen molar-refractivity contribution >= 4 is 50.4 Å². The van der Waals surface area contributed by atoms with Crippen molar-refractivity contribution in [2.45, 2.75) is 20.8 Å². The lowest BCUT2D eigenvalue weighted by Crippen LogP contribution is -2.05. The topological polar surface area (TPSA) is 89.5 Å². The van der Waals surface area contributed by atoms with Gasteiger partial charge in [0.25, 0.3) is 0 Å². The van der Waals surface area contributed by atoms with Crippen LogP contribution in [0.15, 0.2) is 0 Å². The van der Waals surface area contributed by atoms with Crippen molar-refractivity contribution < 1.29 is 36.3 Å². The summed E-state index contributed by atoms with van der Waals surface area (Å²) in [4.78, 5) is 0. The van der Waals surface area contributed by atoms with Crippen LogP contribution in [0.4, 0.5) is 0 Å². The molecular weight excluding hydrogens is 440 g/mol. The van der Waals surface area contributed by atoms with Gasteiger partial charge in [-0.2, -0.15) is 0 Å². The molecule has 0 unspecified atom stereocenters. The Kier molecular flexibility index (Phi) is 20.9. The van der Waals surface area contributed by atoms with Crippen molar-refractivity contribution in [1.29, 1.82) is 0 Å². The lowest BCUT2D eigenvalue weighted by atomic mass is 10.9. The van der Waals surface area contributed by atoms with Gasteiger partial charge in [0.15, 0.2) is 0 Å². The maximum absolute atomic E-state index is 11.6. The van der Waals surface area contributed by atoms with Crippen LogP contribution < -0.4 is 0 Å². The number of rotatable bonds is 15. The van der Waals surface area contributed by atoms with Gasteiger partial charge in [-0.25, -0.2) is 9.13 Å². The van der Waals surface area contributed by atoms with Crippen LogP contribution in [0.3, 0.4) is 0 Å². The minimum Gasteiger partial charge on any atom is -0.287 e. The van der Waals surface area contributed by atoms with Gasteiger partial charge < -0.3 is 0 Å². The summed E-state index contributed by atoms with van der Waals surface area (Å²) in [5, 5.41) is 0. The number of phosphoric acid groups is 2. The molecule has 0 fully saturated rings. The van der Waals surface area contributed by atoms with Gasteiger partial charge in [-0.1, -0.05) is 0 Å². The molecule has 8 nitrogen and oxygen atoms in total. The highest BCUT2D eigenvalue weighted by Crippen LogP contribution is 2.49. The first-order valence-corrected chi connectivity index (χ1v) is 12.1. The second kappa shape index (κ2) is 18.5. The molecule has 0 aromatic rings. The quantitative estimate of drug-likeness (QED) is 0.244. The molecule has 0 rings (SSSR count). The van der Waals surface area contributed by atoms with Crippen LogP contribution >= 0.6 is 50.4 Å². The van der Waals surface area contributed by atoms with E-state index in [1.807, 2.05) is 0 Å². The molecular formula is C12H27Cl3O8P2. The van der Waals surface area contributed by atoms with Gasteiger partial charge >= 0.3 is 15.6 Å². The van der Waals surface area contributed by atoms with E-state index < -0.39 is 15.6 Å². The Hall–Kier alpha value is 1.09. The number of halogens is 3. The molecule has 13 heteroatoms. The normalized spacial score (nSPS) is 11.9. The van der Waals surface area contributed by atoms with E-state index in [1.165, 1.54) is 0 Å². The second-order valence-corrected chi connectivity index (χ2v) is 8.19. The summed E-state index contributed by atoms with van der Waals surface area (Å²) >= 11 is 16.1. The van der Waals surface area contributed by atoms with Gasteiger partial charge in [0.2, 0.25) is 0 Å². The van der Waals surface area contributed by atoms with E-state index in [1.54, 1.807) is 20.8 Å². The largest absolute Gasteiger partial charge is 0.474 e. The van der Waals surface area contributed by atoms with Gasteiger partial charge in [-0.3, -0.25) is 27.1 Å². The Balaban J connectivity index is 0. The van der Waals surface area contributed by atoms with Gasteiger partial charge in [0, 0.05) is 17.6 Å². The van der Waals surface area contributed by atoms with Crippen LogP contribution in [0, 0.1) is 0 Å². The summed E-state index contributed by atoms with van der Waals surface area (Å²) in [6.07, 6.45) is 0. The lowest BCUT2D eigenvalue weighted by molar-refractivity contribution is 0.125. The van der Waals surface area contributed by atoms with Crippen molar-refractivity contribution in [3.05, 3.63) is 0 Å². The third kappa shape index (κ3) is 17.0. The minimum absolute atomic E-state index is 0.0867. The van der Waals surface area contributed by atoms with Crippen LogP contribution in [0.2, 0.25) is 0 Å². The summed E-state index contributed by atoms with van der Waals surface area (Å²) in [7, 11) is -6.74. The first-order valence-electron chi connectivity index (χ1n) is 7.62. The predicted octanol–water partition coefficient (Wildman–Crippen LogP) is 5.06. The standard InChI is InChI=1S/C6H12Cl3O4P.C6H15O4P/c7-1-4-11-14(10,12-5-2-8)13-6-3-9;1-4-8-11(7,9-5-2)10-6-3/h1-6H2;4-6H2,1-3H3. The molecule has 0 bridgehead atoms. The van der Waals surface area contributed by atoms with E-state index in [0.717, 1.165) is 0 Å². The van der Waals surface area contributed by atoms with Crippen molar-refractivity contribution in [3.63, 3.8) is 0 Å². The molecule has 0 aliphatic heterocycles. The number of hydrogen-bond acceptors (Lipinski definition) is 8. The van der Waals surface area contributed by atoms with Gasteiger partial charge in [0.05, 0.1) is 39.6 Å². The molecule has 0 spiro atoms. The predicted molar refractivity (Wildman–Crippen MR) is 100 cm³/mol. The zero-order valence-electron chi connectivity index (χ0n) is 14.7. The fourth-order valence-corrected chi connectivity index (χ4v) is 4.03. The third-order valence-corrected chi connectivity index (χ3v) is 5.52. The Labute approximate surface area is 164 Å². The maximum atomic E-state index is 11.6. The maximum Gasteiger partial charge on any atom is 0.474 e. The van der Waals surface area contributed by atoms with Crippen LogP contribution in [0.25, 0.3) is 0 Å². The van der Waals surface area contributed by atoms with Gasteiger partial charge in [-0.15, -0.1) is 34.8 Å². The van der Waals surface area contributed by atoms with Crippen molar-refractivity contribution in [2.75, 3.05) is 57.3 Å². The molecule has 0 radical (unpaired) electrons. The fourth-order valence-electron chi connectivity index (χ4n) is 1.14. The second-order valence-electron chi connectivity index (χ2n) is 3.71. The highest BCUT2D eigenvalue weighted by atomic mass is 35.5. The van der Waals surface area contributed by atoms with Crippen molar-refractivity contribution in [1.82, 2.24) is 0 Å². The molecule has 0 aromatic carbocycles. The summed E-state index contributed by atoms with van der Waals surface area (Å²) in [6, 6.07) is 0. The van der Waals surface area contributed by atoms with Crippen molar-refractivity contribution in [3.8, 4) is 0 Å². The van der Waals surface area contributed by atoms with E-state index in [0.29, 0.717) is 19.8 Å².